The van der Waals surface area contributed by atoms with Gasteiger partial charge in [-0.2, -0.15) is 0 Å². The smallest absolute Gasteiger partial charge is 0.227 e. The Balaban J connectivity index is 2.20. The van der Waals surface area contributed by atoms with E-state index in [4.69, 9.17) is 0 Å². The molecule has 3 heteroatoms. The van der Waals surface area contributed by atoms with Gasteiger partial charge in [0, 0.05) is 24.9 Å². The molecule has 1 heterocycles. The molecule has 0 aromatic heterocycles. The number of carbonyl (C=O) groups is 2. The topological polar surface area (TPSA) is 37.4 Å². The van der Waals surface area contributed by atoms with Crippen LogP contribution in [0.2, 0.25) is 0 Å². The molecule has 1 atom stereocenters. The number of Topliss-reactive ketones (excluding diaryl/α,β-unsaturated/α-hetero) is 1. The molecule has 108 valence electrons. The highest BCUT2D eigenvalue weighted by atomic mass is 16.2. The van der Waals surface area contributed by atoms with Gasteiger partial charge in [0.15, 0.2) is 5.78 Å². The van der Waals surface area contributed by atoms with E-state index in [0.717, 1.165) is 5.69 Å². The monoisotopic (exact) mass is 273 g/mol. The highest BCUT2D eigenvalue weighted by Crippen LogP contribution is 2.32. The fraction of sp³-hybridized carbons (Fsp3) is 0.529. The number of carbonyl (C=O) groups excluding carboxylic acids is 2. The van der Waals surface area contributed by atoms with Crippen molar-refractivity contribution < 1.29 is 9.59 Å². The third-order valence-corrected chi connectivity index (χ3v) is 4.32. The van der Waals surface area contributed by atoms with Crippen LogP contribution in [0.3, 0.4) is 0 Å². The SMILES string of the molecule is CC(CC(=O)N1CCC(=O)c2ccccc21)C(C)(C)C. The molecule has 0 radical (unpaired) electrons. The molecule has 1 aliphatic rings. The summed E-state index contributed by atoms with van der Waals surface area (Å²) in [6.45, 7) is 9.07. The molecule has 0 bridgehead atoms. The van der Waals surface area contributed by atoms with E-state index >= 15 is 0 Å². The normalized spacial score (nSPS) is 16.8. The lowest BCUT2D eigenvalue weighted by molar-refractivity contribution is -0.120. The van der Waals surface area contributed by atoms with Crippen LogP contribution in [0.15, 0.2) is 24.3 Å². The molecule has 0 N–H and O–H groups in total. The Bertz CT molecular complexity index is 528. The van der Waals surface area contributed by atoms with Gasteiger partial charge < -0.3 is 4.90 Å². The summed E-state index contributed by atoms with van der Waals surface area (Å²) in [6.07, 6.45) is 0.943. The molecule has 0 saturated carbocycles. The van der Waals surface area contributed by atoms with Crippen molar-refractivity contribution in [1.82, 2.24) is 0 Å². The number of hydrogen-bond donors (Lipinski definition) is 0. The van der Waals surface area contributed by atoms with Crippen molar-refractivity contribution in [2.24, 2.45) is 11.3 Å². The number of benzene rings is 1. The van der Waals surface area contributed by atoms with E-state index in [2.05, 4.69) is 27.7 Å². The molecule has 1 aromatic rings. The lowest BCUT2D eigenvalue weighted by Crippen LogP contribution is -2.39. The van der Waals surface area contributed by atoms with Crippen molar-refractivity contribution in [2.45, 2.75) is 40.5 Å². The molecular weight excluding hydrogens is 250 g/mol. The second kappa shape index (κ2) is 5.39. The molecule has 0 fully saturated rings. The van der Waals surface area contributed by atoms with Gasteiger partial charge in [0.2, 0.25) is 5.91 Å². The summed E-state index contributed by atoms with van der Waals surface area (Å²) in [5.41, 5.74) is 1.56. The first-order chi connectivity index (χ1) is 9.30. The van der Waals surface area contributed by atoms with Gasteiger partial charge in [-0.1, -0.05) is 39.8 Å². The molecule has 1 amide bonds. The number of para-hydroxylation sites is 1. The van der Waals surface area contributed by atoms with Crippen molar-refractivity contribution in [3.8, 4) is 0 Å². The second-order valence-corrected chi connectivity index (χ2v) is 6.71. The lowest BCUT2D eigenvalue weighted by Gasteiger charge is -2.32. The van der Waals surface area contributed by atoms with Crippen molar-refractivity contribution in [3.05, 3.63) is 29.8 Å². The number of nitrogens with zero attached hydrogens (tertiary/aromatic N) is 1. The van der Waals surface area contributed by atoms with Gasteiger partial charge in [-0.3, -0.25) is 9.59 Å². The minimum absolute atomic E-state index is 0.112. The standard InChI is InChI=1S/C17H23NO2/c1-12(17(2,3)4)11-16(20)18-10-9-15(19)13-7-5-6-8-14(13)18/h5-8,12H,9-11H2,1-4H3. The molecule has 20 heavy (non-hydrogen) atoms. The Kier molecular flexibility index (Phi) is 3.98. The summed E-state index contributed by atoms with van der Waals surface area (Å²) in [6, 6.07) is 7.41. The second-order valence-electron chi connectivity index (χ2n) is 6.71. The van der Waals surface area contributed by atoms with E-state index in [1.807, 2.05) is 24.3 Å². The summed E-state index contributed by atoms with van der Waals surface area (Å²) in [5, 5.41) is 0. The summed E-state index contributed by atoms with van der Waals surface area (Å²) in [5.74, 6) is 0.556. The predicted octanol–water partition coefficient (Wildman–Crippen LogP) is 3.68. The number of rotatable bonds is 2. The Morgan fingerprint density at radius 3 is 2.60 bits per heavy atom. The fourth-order valence-corrected chi connectivity index (χ4v) is 2.35. The number of fused-ring (bicyclic) bond motifs is 1. The first-order valence-corrected chi connectivity index (χ1v) is 7.23. The summed E-state index contributed by atoms with van der Waals surface area (Å²) in [7, 11) is 0. The molecule has 0 saturated heterocycles. The van der Waals surface area contributed by atoms with Crippen LogP contribution in [0.5, 0.6) is 0 Å². The third kappa shape index (κ3) is 2.92. The fourth-order valence-electron chi connectivity index (χ4n) is 2.35. The van der Waals surface area contributed by atoms with Gasteiger partial charge in [-0.25, -0.2) is 0 Å². The van der Waals surface area contributed by atoms with Crippen LogP contribution >= 0.6 is 0 Å². The summed E-state index contributed by atoms with van der Waals surface area (Å²) in [4.78, 5) is 26.2. The first-order valence-electron chi connectivity index (χ1n) is 7.23. The minimum Gasteiger partial charge on any atom is -0.311 e. The van der Waals surface area contributed by atoms with Gasteiger partial charge in [0.25, 0.3) is 0 Å². The molecular formula is C17H23NO2. The van der Waals surface area contributed by atoms with E-state index in [1.165, 1.54) is 0 Å². The molecule has 0 aliphatic carbocycles. The highest BCUT2D eigenvalue weighted by Gasteiger charge is 2.30. The van der Waals surface area contributed by atoms with Gasteiger partial charge in [-0.05, 0) is 23.5 Å². The van der Waals surface area contributed by atoms with Crippen molar-refractivity contribution >= 4 is 17.4 Å². The van der Waals surface area contributed by atoms with Crippen LogP contribution in [0.1, 0.15) is 50.9 Å². The highest BCUT2D eigenvalue weighted by molar-refractivity contribution is 6.08. The van der Waals surface area contributed by atoms with Crippen molar-refractivity contribution in [3.63, 3.8) is 0 Å². The molecule has 1 unspecified atom stereocenters. The summed E-state index contributed by atoms with van der Waals surface area (Å²) < 4.78 is 0. The number of ketones is 1. The minimum atomic E-state index is 0.112. The van der Waals surface area contributed by atoms with Crippen LogP contribution in [-0.2, 0) is 4.79 Å². The molecule has 1 aromatic carbocycles. The molecule has 3 nitrogen and oxygen atoms in total. The number of amides is 1. The van der Waals surface area contributed by atoms with Gasteiger partial charge >= 0.3 is 0 Å². The van der Waals surface area contributed by atoms with Crippen LogP contribution in [0, 0.1) is 11.3 Å². The average Bonchev–Trinajstić information content (AvgIpc) is 2.38. The van der Waals surface area contributed by atoms with E-state index in [-0.39, 0.29) is 17.1 Å². The number of hydrogen-bond acceptors (Lipinski definition) is 2. The van der Waals surface area contributed by atoms with Crippen LogP contribution in [0.25, 0.3) is 0 Å². The average molecular weight is 273 g/mol. The molecule has 1 aliphatic heterocycles. The van der Waals surface area contributed by atoms with Crippen molar-refractivity contribution in [2.75, 3.05) is 11.4 Å². The predicted molar refractivity (Wildman–Crippen MR) is 81.0 cm³/mol. The Morgan fingerprint density at radius 1 is 1.30 bits per heavy atom. The summed E-state index contributed by atoms with van der Waals surface area (Å²) >= 11 is 0. The maximum atomic E-state index is 12.5. The van der Waals surface area contributed by atoms with E-state index in [0.29, 0.717) is 30.9 Å². The third-order valence-electron chi connectivity index (χ3n) is 4.32. The largest absolute Gasteiger partial charge is 0.311 e. The zero-order valence-corrected chi connectivity index (χ0v) is 12.8. The Hall–Kier alpha value is -1.64. The van der Waals surface area contributed by atoms with Gasteiger partial charge in [0.1, 0.15) is 0 Å². The maximum absolute atomic E-state index is 12.5. The van der Waals surface area contributed by atoms with Crippen LogP contribution in [-0.4, -0.2) is 18.2 Å². The first kappa shape index (κ1) is 14.8. The Labute approximate surface area is 121 Å². The zero-order chi connectivity index (χ0) is 14.9. The number of anilines is 1. The Morgan fingerprint density at radius 2 is 1.95 bits per heavy atom. The van der Waals surface area contributed by atoms with E-state index in [9.17, 15) is 9.59 Å². The van der Waals surface area contributed by atoms with Gasteiger partial charge in [0.05, 0.1) is 5.69 Å². The van der Waals surface area contributed by atoms with Crippen molar-refractivity contribution in [1.29, 1.82) is 0 Å². The van der Waals surface area contributed by atoms with E-state index in [1.54, 1.807) is 4.90 Å². The lowest BCUT2D eigenvalue weighted by atomic mass is 9.80. The zero-order valence-electron chi connectivity index (χ0n) is 12.8. The quantitative estimate of drug-likeness (QED) is 0.824. The van der Waals surface area contributed by atoms with Crippen LogP contribution < -0.4 is 4.90 Å². The van der Waals surface area contributed by atoms with E-state index < -0.39 is 0 Å². The molecule has 2 rings (SSSR count). The van der Waals surface area contributed by atoms with Gasteiger partial charge in [-0.15, -0.1) is 0 Å². The molecule has 0 spiro atoms. The maximum Gasteiger partial charge on any atom is 0.227 e. The van der Waals surface area contributed by atoms with Crippen LogP contribution in [0.4, 0.5) is 5.69 Å².